The summed E-state index contributed by atoms with van der Waals surface area (Å²) in [4.78, 5) is 4.41. The van der Waals surface area contributed by atoms with Crippen LogP contribution in [-0.4, -0.2) is 4.98 Å². The Balaban J connectivity index is 1.88. The number of para-hydroxylation sites is 1. The van der Waals surface area contributed by atoms with Crippen LogP contribution < -0.4 is 4.74 Å². The molecule has 0 atom stereocenters. The van der Waals surface area contributed by atoms with Gasteiger partial charge < -0.3 is 4.74 Å². The molecule has 0 bridgehead atoms. The number of hydrogen-bond acceptors (Lipinski definition) is 2. The van der Waals surface area contributed by atoms with Gasteiger partial charge >= 0.3 is 0 Å². The number of pyridine rings is 1. The van der Waals surface area contributed by atoms with Gasteiger partial charge in [-0.3, -0.25) is 0 Å². The number of aromatic nitrogens is 1. The van der Waals surface area contributed by atoms with Gasteiger partial charge in [0.25, 0.3) is 0 Å². The monoisotopic (exact) mass is 297 g/mol. The summed E-state index contributed by atoms with van der Waals surface area (Å²) in [5.74, 6) is 0.888. The maximum absolute atomic E-state index is 6.25. The van der Waals surface area contributed by atoms with Gasteiger partial charge in [-0.2, -0.15) is 0 Å². The van der Waals surface area contributed by atoms with Gasteiger partial charge in [-0.1, -0.05) is 41.9 Å². The lowest BCUT2D eigenvalue weighted by Gasteiger charge is -2.11. The molecule has 3 heteroatoms. The Labute approximate surface area is 129 Å². The number of ether oxygens (including phenoxy) is 1. The molecule has 2 aromatic carbocycles. The van der Waals surface area contributed by atoms with Crippen molar-refractivity contribution >= 4 is 22.5 Å². The molecule has 3 aromatic rings. The van der Waals surface area contributed by atoms with Gasteiger partial charge in [0.05, 0.1) is 5.52 Å². The van der Waals surface area contributed by atoms with E-state index in [1.165, 1.54) is 5.56 Å². The summed E-state index contributed by atoms with van der Waals surface area (Å²) in [6.07, 6.45) is 0. The van der Waals surface area contributed by atoms with Gasteiger partial charge in [0, 0.05) is 10.9 Å². The second-order valence-corrected chi connectivity index (χ2v) is 5.55. The van der Waals surface area contributed by atoms with Gasteiger partial charge in [0.2, 0.25) is 0 Å². The van der Waals surface area contributed by atoms with Crippen LogP contribution in [-0.2, 0) is 6.61 Å². The highest BCUT2D eigenvalue weighted by Crippen LogP contribution is 2.24. The van der Waals surface area contributed by atoms with E-state index in [-0.39, 0.29) is 0 Å². The largest absolute Gasteiger partial charge is 0.489 e. The minimum atomic E-state index is 0.418. The maximum Gasteiger partial charge on any atom is 0.136 e. The number of halogens is 1. The summed E-state index contributed by atoms with van der Waals surface area (Å²) < 4.78 is 5.91. The molecule has 0 aliphatic heterocycles. The molecule has 0 radical (unpaired) electrons. The number of nitrogens with zero attached hydrogens (tertiary/aromatic N) is 1. The van der Waals surface area contributed by atoms with E-state index in [2.05, 4.69) is 24.0 Å². The van der Waals surface area contributed by atoms with Crippen LogP contribution in [0.3, 0.4) is 0 Å². The Morgan fingerprint density at radius 3 is 2.71 bits per heavy atom. The zero-order chi connectivity index (χ0) is 14.8. The van der Waals surface area contributed by atoms with Crippen LogP contribution >= 0.6 is 11.6 Å². The van der Waals surface area contributed by atoms with E-state index in [0.29, 0.717) is 11.8 Å². The molecule has 3 rings (SSSR count). The van der Waals surface area contributed by atoms with Crippen molar-refractivity contribution in [1.82, 2.24) is 4.98 Å². The fourth-order valence-electron chi connectivity index (χ4n) is 2.26. The van der Waals surface area contributed by atoms with E-state index in [1.807, 2.05) is 43.3 Å². The van der Waals surface area contributed by atoms with Crippen LogP contribution in [0.4, 0.5) is 0 Å². The van der Waals surface area contributed by atoms with Crippen LogP contribution in [0.5, 0.6) is 5.75 Å². The highest BCUT2D eigenvalue weighted by Gasteiger charge is 2.07. The van der Waals surface area contributed by atoms with Crippen molar-refractivity contribution in [1.29, 1.82) is 0 Å². The average Bonchev–Trinajstić information content (AvgIpc) is 2.48. The predicted octanol–water partition coefficient (Wildman–Crippen LogP) is 5.08. The quantitative estimate of drug-likeness (QED) is 0.629. The van der Waals surface area contributed by atoms with Crippen molar-refractivity contribution in [3.8, 4) is 5.75 Å². The van der Waals surface area contributed by atoms with Gasteiger partial charge in [-0.15, -0.1) is 0 Å². The summed E-state index contributed by atoms with van der Waals surface area (Å²) in [5.41, 5.74) is 4.10. The summed E-state index contributed by atoms with van der Waals surface area (Å²) in [7, 11) is 0. The fraction of sp³-hybridized carbons (Fsp3) is 0.167. The summed E-state index contributed by atoms with van der Waals surface area (Å²) in [6.45, 7) is 4.51. The van der Waals surface area contributed by atoms with Crippen molar-refractivity contribution in [2.24, 2.45) is 0 Å². The minimum Gasteiger partial charge on any atom is -0.489 e. The highest BCUT2D eigenvalue weighted by molar-refractivity contribution is 6.30. The number of benzene rings is 2. The zero-order valence-electron chi connectivity index (χ0n) is 12.1. The number of hydrogen-bond donors (Lipinski definition) is 0. The van der Waals surface area contributed by atoms with Crippen LogP contribution in [0.15, 0.2) is 48.5 Å². The van der Waals surface area contributed by atoms with Crippen molar-refractivity contribution in [3.63, 3.8) is 0 Å². The van der Waals surface area contributed by atoms with Crippen LogP contribution in [0.1, 0.15) is 16.7 Å². The Bertz CT molecular complexity index is 798. The van der Waals surface area contributed by atoms with Crippen molar-refractivity contribution in [2.75, 3.05) is 0 Å². The molecule has 0 spiro atoms. The van der Waals surface area contributed by atoms with Crippen LogP contribution in [0.2, 0.25) is 5.15 Å². The smallest absolute Gasteiger partial charge is 0.136 e. The Hall–Kier alpha value is -2.06. The third kappa shape index (κ3) is 3.01. The van der Waals surface area contributed by atoms with E-state index in [4.69, 9.17) is 16.3 Å². The summed E-state index contributed by atoms with van der Waals surface area (Å²) in [6, 6.07) is 16.1. The third-order valence-electron chi connectivity index (χ3n) is 3.48. The van der Waals surface area contributed by atoms with E-state index in [9.17, 15) is 0 Å². The van der Waals surface area contributed by atoms with Crippen molar-refractivity contribution < 1.29 is 4.74 Å². The lowest BCUT2D eigenvalue weighted by molar-refractivity contribution is 0.304. The lowest BCUT2D eigenvalue weighted by Crippen LogP contribution is -1.99. The Morgan fingerprint density at radius 1 is 1.05 bits per heavy atom. The SMILES string of the molecule is Cc1ccc(C)c(OCc2cc3ccccc3nc2Cl)c1. The molecule has 0 unspecified atom stereocenters. The van der Waals surface area contributed by atoms with Gasteiger partial charge in [-0.05, 0) is 43.2 Å². The van der Waals surface area contributed by atoms with Gasteiger partial charge in [0.1, 0.15) is 17.5 Å². The first-order chi connectivity index (χ1) is 10.1. The Kier molecular flexibility index (Phi) is 3.80. The molecule has 1 aromatic heterocycles. The first kappa shape index (κ1) is 13.9. The average molecular weight is 298 g/mol. The fourth-order valence-corrected chi connectivity index (χ4v) is 2.46. The van der Waals surface area contributed by atoms with E-state index >= 15 is 0 Å². The van der Waals surface area contributed by atoms with E-state index < -0.39 is 0 Å². The second kappa shape index (κ2) is 5.74. The molecule has 106 valence electrons. The van der Waals surface area contributed by atoms with Crippen LogP contribution in [0.25, 0.3) is 10.9 Å². The molecule has 21 heavy (non-hydrogen) atoms. The molecule has 1 heterocycles. The van der Waals surface area contributed by atoms with Gasteiger partial charge in [-0.25, -0.2) is 4.98 Å². The molecular weight excluding hydrogens is 282 g/mol. The topological polar surface area (TPSA) is 22.1 Å². The van der Waals surface area contributed by atoms with Gasteiger partial charge in [0.15, 0.2) is 0 Å². The first-order valence-corrected chi connectivity index (χ1v) is 7.25. The second-order valence-electron chi connectivity index (χ2n) is 5.19. The maximum atomic E-state index is 6.25. The molecule has 0 aliphatic carbocycles. The molecular formula is C18H16ClNO. The molecule has 0 saturated heterocycles. The van der Waals surface area contributed by atoms with Crippen molar-refractivity contribution in [3.05, 3.63) is 70.4 Å². The number of rotatable bonds is 3. The molecule has 0 aliphatic rings. The Morgan fingerprint density at radius 2 is 1.86 bits per heavy atom. The normalized spacial score (nSPS) is 10.8. The molecule has 0 saturated carbocycles. The third-order valence-corrected chi connectivity index (χ3v) is 3.80. The predicted molar refractivity (Wildman–Crippen MR) is 87.0 cm³/mol. The first-order valence-electron chi connectivity index (χ1n) is 6.88. The van der Waals surface area contributed by atoms with E-state index in [0.717, 1.165) is 27.8 Å². The molecule has 0 N–H and O–H groups in total. The summed E-state index contributed by atoms with van der Waals surface area (Å²) in [5, 5.41) is 1.57. The molecule has 0 fully saturated rings. The molecule has 2 nitrogen and oxygen atoms in total. The highest BCUT2D eigenvalue weighted by atomic mass is 35.5. The van der Waals surface area contributed by atoms with E-state index in [1.54, 1.807) is 0 Å². The van der Waals surface area contributed by atoms with Crippen molar-refractivity contribution in [2.45, 2.75) is 20.5 Å². The molecule has 0 amide bonds. The summed E-state index contributed by atoms with van der Waals surface area (Å²) >= 11 is 6.25. The zero-order valence-corrected chi connectivity index (χ0v) is 12.8. The number of aryl methyl sites for hydroxylation is 2. The minimum absolute atomic E-state index is 0.418. The number of fused-ring (bicyclic) bond motifs is 1. The standard InChI is InChI=1S/C18H16ClNO/c1-12-7-8-13(2)17(9-12)21-11-15-10-14-5-3-4-6-16(14)20-18(15)19/h3-10H,11H2,1-2H3. The van der Waals surface area contributed by atoms with Crippen LogP contribution in [0, 0.1) is 13.8 Å². The lowest BCUT2D eigenvalue weighted by atomic mass is 10.1.